The van der Waals surface area contributed by atoms with Gasteiger partial charge in [-0.05, 0) is 12.0 Å². The van der Waals surface area contributed by atoms with Gasteiger partial charge in [-0.25, -0.2) is 0 Å². The van der Waals surface area contributed by atoms with Gasteiger partial charge in [-0.15, -0.1) is 0 Å². The second-order valence-electron chi connectivity index (χ2n) is 4.85. The van der Waals surface area contributed by atoms with E-state index in [0.29, 0.717) is 18.0 Å². The van der Waals surface area contributed by atoms with Crippen LogP contribution in [-0.2, 0) is 6.54 Å². The number of carbonyl (C=O) groups excluding carboxylic acids is 1. The molecule has 1 aromatic heterocycles. The molecule has 1 atom stereocenters. The van der Waals surface area contributed by atoms with E-state index in [9.17, 15) is 4.79 Å². The molecule has 0 aliphatic carbocycles. The Balaban J connectivity index is 2.40. The molecule has 112 valence electrons. The van der Waals surface area contributed by atoms with Crippen LogP contribution in [-0.4, -0.2) is 29.2 Å². The molecule has 5 nitrogen and oxygen atoms in total. The molecule has 0 amide bonds. The number of hydrogen-bond donors (Lipinski definition) is 1. The molecule has 2 aromatic rings. The van der Waals surface area contributed by atoms with Crippen molar-refractivity contribution in [3.63, 3.8) is 0 Å². The fraction of sp³-hybridized carbons (Fsp3) is 0.375. The molecule has 1 unspecified atom stereocenters. The van der Waals surface area contributed by atoms with Crippen LogP contribution in [0, 0.1) is 0 Å². The van der Waals surface area contributed by atoms with Gasteiger partial charge in [0.05, 0.1) is 19.2 Å². The monoisotopic (exact) mass is 287 g/mol. The van der Waals surface area contributed by atoms with E-state index in [1.54, 1.807) is 18.0 Å². The van der Waals surface area contributed by atoms with Crippen molar-refractivity contribution in [2.24, 2.45) is 5.73 Å². The molecule has 0 spiro atoms. The number of aryl methyl sites for hydroxylation is 1. The summed E-state index contributed by atoms with van der Waals surface area (Å²) >= 11 is 0. The van der Waals surface area contributed by atoms with E-state index < -0.39 is 0 Å². The van der Waals surface area contributed by atoms with Crippen LogP contribution in [0.2, 0.25) is 0 Å². The van der Waals surface area contributed by atoms with E-state index in [-0.39, 0.29) is 18.2 Å². The minimum atomic E-state index is -0.382. The first kappa shape index (κ1) is 15.3. The Morgan fingerprint density at radius 2 is 2.10 bits per heavy atom. The molecule has 5 heteroatoms. The fourth-order valence-electron chi connectivity index (χ4n) is 2.39. The third-order valence-corrected chi connectivity index (χ3v) is 3.45. The summed E-state index contributed by atoms with van der Waals surface area (Å²) in [7, 11) is 1.55. The molecule has 0 fully saturated rings. The van der Waals surface area contributed by atoms with E-state index in [2.05, 4.69) is 5.10 Å². The molecule has 0 saturated heterocycles. The third kappa shape index (κ3) is 3.13. The van der Waals surface area contributed by atoms with Crippen molar-refractivity contribution >= 4 is 5.78 Å². The lowest BCUT2D eigenvalue weighted by Crippen LogP contribution is -2.24. The molecule has 2 rings (SSSR count). The summed E-state index contributed by atoms with van der Waals surface area (Å²) in [6, 6.07) is 9.58. The Hall–Kier alpha value is -2.14. The second kappa shape index (κ2) is 7.04. The van der Waals surface area contributed by atoms with Crippen molar-refractivity contribution in [3.05, 3.63) is 47.8 Å². The molecular weight excluding hydrogens is 266 g/mol. The van der Waals surface area contributed by atoms with E-state index in [1.807, 2.05) is 37.3 Å². The van der Waals surface area contributed by atoms with Gasteiger partial charge in [-0.2, -0.15) is 5.10 Å². The maximum Gasteiger partial charge on any atom is 0.193 e. The number of methoxy groups -OCH3 is 1. The van der Waals surface area contributed by atoms with Crippen LogP contribution in [0.1, 0.15) is 35.3 Å². The van der Waals surface area contributed by atoms with Crippen molar-refractivity contribution in [2.75, 3.05) is 13.7 Å². The minimum Gasteiger partial charge on any atom is -0.493 e. The van der Waals surface area contributed by atoms with Gasteiger partial charge in [0.1, 0.15) is 5.69 Å². The molecule has 0 aliphatic heterocycles. The molecule has 1 aromatic carbocycles. The van der Waals surface area contributed by atoms with Crippen LogP contribution in [0.4, 0.5) is 0 Å². The van der Waals surface area contributed by atoms with Crippen molar-refractivity contribution in [1.29, 1.82) is 0 Å². The highest BCUT2D eigenvalue weighted by molar-refractivity contribution is 6.02. The van der Waals surface area contributed by atoms with Gasteiger partial charge in [0.25, 0.3) is 0 Å². The molecule has 0 saturated carbocycles. The first-order chi connectivity index (χ1) is 10.2. The number of aromatic nitrogens is 2. The standard InChI is InChI=1S/C16H21N3O2/c1-3-9-19-15(14(21-2)11-18-19)16(20)13(10-17)12-7-5-4-6-8-12/h4-8,11,13H,3,9-10,17H2,1-2H3. The van der Waals surface area contributed by atoms with Gasteiger partial charge >= 0.3 is 0 Å². The van der Waals surface area contributed by atoms with Crippen molar-refractivity contribution in [3.8, 4) is 5.75 Å². The molecule has 2 N–H and O–H groups in total. The number of ether oxygens (including phenoxy) is 1. The van der Waals surface area contributed by atoms with E-state index in [4.69, 9.17) is 10.5 Å². The smallest absolute Gasteiger partial charge is 0.193 e. The first-order valence-corrected chi connectivity index (χ1v) is 7.11. The number of nitrogens with zero attached hydrogens (tertiary/aromatic N) is 2. The fourth-order valence-corrected chi connectivity index (χ4v) is 2.39. The van der Waals surface area contributed by atoms with Crippen molar-refractivity contribution < 1.29 is 9.53 Å². The molecule has 0 radical (unpaired) electrons. The Morgan fingerprint density at radius 3 is 2.67 bits per heavy atom. The highest BCUT2D eigenvalue weighted by Crippen LogP contribution is 2.26. The van der Waals surface area contributed by atoms with Crippen molar-refractivity contribution in [1.82, 2.24) is 9.78 Å². The maximum absolute atomic E-state index is 12.9. The van der Waals surface area contributed by atoms with Crippen LogP contribution in [0.3, 0.4) is 0 Å². The predicted octanol–water partition coefficient (Wildman–Crippen LogP) is 2.23. The van der Waals surface area contributed by atoms with Crippen LogP contribution in [0.5, 0.6) is 5.75 Å². The summed E-state index contributed by atoms with van der Waals surface area (Å²) in [4.78, 5) is 12.9. The molecule has 21 heavy (non-hydrogen) atoms. The van der Waals surface area contributed by atoms with Gasteiger partial charge in [0, 0.05) is 13.1 Å². The highest BCUT2D eigenvalue weighted by atomic mass is 16.5. The lowest BCUT2D eigenvalue weighted by molar-refractivity contribution is 0.0948. The lowest BCUT2D eigenvalue weighted by Gasteiger charge is -2.16. The van der Waals surface area contributed by atoms with Crippen LogP contribution >= 0.6 is 0 Å². The third-order valence-electron chi connectivity index (χ3n) is 3.45. The van der Waals surface area contributed by atoms with E-state index in [1.165, 1.54) is 0 Å². The van der Waals surface area contributed by atoms with Gasteiger partial charge in [0.2, 0.25) is 0 Å². The number of rotatable bonds is 7. The van der Waals surface area contributed by atoms with E-state index >= 15 is 0 Å². The summed E-state index contributed by atoms with van der Waals surface area (Å²) < 4.78 is 6.98. The average Bonchev–Trinajstić information content (AvgIpc) is 2.92. The Kier molecular flexibility index (Phi) is 5.11. The quantitative estimate of drug-likeness (QED) is 0.793. The average molecular weight is 287 g/mol. The first-order valence-electron chi connectivity index (χ1n) is 7.11. The van der Waals surface area contributed by atoms with Crippen LogP contribution in [0.15, 0.2) is 36.5 Å². The predicted molar refractivity (Wildman–Crippen MR) is 81.6 cm³/mol. The summed E-state index contributed by atoms with van der Waals surface area (Å²) in [5, 5.41) is 4.24. The zero-order chi connectivity index (χ0) is 15.2. The molecule has 1 heterocycles. The number of benzene rings is 1. The number of nitrogens with two attached hydrogens (primary N) is 1. The minimum absolute atomic E-state index is 0.0495. The largest absolute Gasteiger partial charge is 0.493 e. The number of Topliss-reactive ketones (excluding diaryl/α,β-unsaturated/α-hetero) is 1. The topological polar surface area (TPSA) is 70.1 Å². The summed E-state index contributed by atoms with van der Waals surface area (Å²) in [6.45, 7) is 2.97. The van der Waals surface area contributed by atoms with Crippen LogP contribution < -0.4 is 10.5 Å². The number of ketones is 1. The molecule has 0 aliphatic rings. The van der Waals surface area contributed by atoms with E-state index in [0.717, 1.165) is 12.0 Å². The van der Waals surface area contributed by atoms with Crippen LogP contribution in [0.25, 0.3) is 0 Å². The molecule has 0 bridgehead atoms. The van der Waals surface area contributed by atoms with Gasteiger partial charge < -0.3 is 10.5 Å². The number of hydrogen-bond acceptors (Lipinski definition) is 4. The second-order valence-corrected chi connectivity index (χ2v) is 4.85. The zero-order valence-corrected chi connectivity index (χ0v) is 12.5. The Morgan fingerprint density at radius 1 is 1.38 bits per heavy atom. The van der Waals surface area contributed by atoms with Gasteiger partial charge in [-0.3, -0.25) is 9.48 Å². The SMILES string of the molecule is CCCn1ncc(OC)c1C(=O)C(CN)c1ccccc1. The molecular formula is C16H21N3O2. The maximum atomic E-state index is 12.9. The normalized spacial score (nSPS) is 12.1. The zero-order valence-electron chi connectivity index (χ0n) is 12.5. The summed E-state index contributed by atoms with van der Waals surface area (Å²) in [5.74, 6) is 0.0711. The van der Waals surface area contributed by atoms with Gasteiger partial charge in [-0.1, -0.05) is 37.3 Å². The number of carbonyl (C=O) groups is 1. The Bertz CT molecular complexity index is 593. The van der Waals surface area contributed by atoms with Gasteiger partial charge in [0.15, 0.2) is 11.5 Å². The lowest BCUT2D eigenvalue weighted by atomic mass is 9.93. The summed E-state index contributed by atoms with van der Waals surface area (Å²) in [6.07, 6.45) is 2.48. The summed E-state index contributed by atoms with van der Waals surface area (Å²) in [5.41, 5.74) is 7.25. The Labute approximate surface area is 124 Å². The highest BCUT2D eigenvalue weighted by Gasteiger charge is 2.27. The van der Waals surface area contributed by atoms with Crippen molar-refractivity contribution in [2.45, 2.75) is 25.8 Å².